The Kier molecular flexibility index (Phi) is 7.51. The summed E-state index contributed by atoms with van der Waals surface area (Å²) < 4.78 is 25.6. The number of rotatable bonds is 6. The zero-order chi connectivity index (χ0) is 26.0. The topological polar surface area (TPSA) is 111 Å². The van der Waals surface area contributed by atoms with Crippen LogP contribution in [0.25, 0.3) is 16.7 Å². The molecule has 36 heavy (non-hydrogen) atoms. The molecule has 8 nitrogen and oxygen atoms in total. The summed E-state index contributed by atoms with van der Waals surface area (Å²) in [5, 5.41) is 9.29. The van der Waals surface area contributed by atoms with E-state index in [1.807, 2.05) is 6.08 Å². The molecule has 0 saturated carbocycles. The molecule has 0 fully saturated rings. The minimum absolute atomic E-state index is 0.123. The fraction of sp³-hybridized carbons (Fsp3) is 0.240. The van der Waals surface area contributed by atoms with Gasteiger partial charge in [-0.15, -0.1) is 0 Å². The second-order valence-corrected chi connectivity index (χ2v) is 8.89. The Hall–Kier alpha value is -3.56. The molecule has 0 saturated heterocycles. The second-order valence-electron chi connectivity index (χ2n) is 8.10. The van der Waals surface area contributed by atoms with Crippen LogP contribution in [0, 0.1) is 5.82 Å². The lowest BCUT2D eigenvalue weighted by Crippen LogP contribution is -2.33. The second kappa shape index (κ2) is 10.6. The van der Waals surface area contributed by atoms with Crippen LogP contribution in [0.15, 0.2) is 42.7 Å². The first-order chi connectivity index (χ1) is 17.2. The zero-order valence-corrected chi connectivity index (χ0v) is 21.0. The number of amides is 1. The smallest absolute Gasteiger partial charge is 0.407 e. The van der Waals surface area contributed by atoms with Crippen LogP contribution in [-0.4, -0.2) is 46.3 Å². The summed E-state index contributed by atoms with van der Waals surface area (Å²) >= 11 is 12.4. The summed E-state index contributed by atoms with van der Waals surface area (Å²) in [6, 6.07) is 6.08. The third-order valence-electron chi connectivity index (χ3n) is 5.88. The van der Waals surface area contributed by atoms with Crippen molar-refractivity contribution >= 4 is 40.7 Å². The maximum absolute atomic E-state index is 14.0. The minimum atomic E-state index is -0.948. The molecule has 0 radical (unpaired) electrons. The molecule has 1 aromatic carbocycles. The van der Waals surface area contributed by atoms with Crippen LogP contribution in [0.5, 0.6) is 11.5 Å². The number of aromatic nitrogens is 2. The fourth-order valence-corrected chi connectivity index (χ4v) is 4.61. The van der Waals surface area contributed by atoms with Gasteiger partial charge in [0.15, 0.2) is 11.6 Å². The predicted molar refractivity (Wildman–Crippen MR) is 136 cm³/mol. The molecule has 3 N–H and O–H groups in total. The van der Waals surface area contributed by atoms with Gasteiger partial charge in [0.25, 0.3) is 0 Å². The molecule has 0 spiro atoms. The summed E-state index contributed by atoms with van der Waals surface area (Å²) in [4.78, 5) is 21.3. The van der Waals surface area contributed by atoms with Crippen molar-refractivity contribution in [1.82, 2.24) is 14.9 Å². The quantitative estimate of drug-likeness (QED) is 0.369. The van der Waals surface area contributed by atoms with Crippen molar-refractivity contribution in [1.29, 1.82) is 0 Å². The number of halogens is 3. The fourth-order valence-electron chi connectivity index (χ4n) is 3.94. The number of pyridine rings is 2. The van der Waals surface area contributed by atoms with E-state index in [9.17, 15) is 9.18 Å². The molecule has 4 rings (SSSR count). The largest absolute Gasteiger partial charge is 0.496 e. The number of nitrogens with zero attached hydrogens (tertiary/aromatic N) is 3. The Morgan fingerprint density at radius 3 is 2.67 bits per heavy atom. The number of hydrogen-bond acceptors (Lipinski definition) is 6. The van der Waals surface area contributed by atoms with Crippen LogP contribution in [0.2, 0.25) is 10.0 Å². The highest BCUT2D eigenvalue weighted by atomic mass is 35.5. The van der Waals surface area contributed by atoms with Crippen molar-refractivity contribution in [2.45, 2.75) is 19.4 Å². The molecule has 188 valence electrons. The van der Waals surface area contributed by atoms with Gasteiger partial charge in [0.1, 0.15) is 17.7 Å². The zero-order valence-electron chi connectivity index (χ0n) is 19.5. The highest BCUT2D eigenvalue weighted by Gasteiger charge is 2.22. The third kappa shape index (κ3) is 5.17. The molecule has 2 aromatic heterocycles. The normalized spacial score (nSPS) is 14.2. The lowest BCUT2D eigenvalue weighted by molar-refractivity contribution is 0.150. The van der Waals surface area contributed by atoms with Crippen LogP contribution in [0.3, 0.4) is 0 Å². The highest BCUT2D eigenvalue weighted by Crippen LogP contribution is 2.38. The number of nitrogens with two attached hydrogens (primary N) is 1. The van der Waals surface area contributed by atoms with Gasteiger partial charge >= 0.3 is 6.09 Å². The molecule has 0 aliphatic carbocycles. The van der Waals surface area contributed by atoms with E-state index in [0.717, 1.165) is 5.57 Å². The van der Waals surface area contributed by atoms with Crippen molar-refractivity contribution in [2.75, 3.05) is 25.9 Å². The highest BCUT2D eigenvalue weighted by molar-refractivity contribution is 6.36. The Morgan fingerprint density at radius 2 is 2.00 bits per heavy atom. The third-order valence-corrected chi connectivity index (χ3v) is 6.59. The van der Waals surface area contributed by atoms with Gasteiger partial charge in [-0.1, -0.05) is 29.3 Å². The van der Waals surface area contributed by atoms with Crippen molar-refractivity contribution in [2.24, 2.45) is 0 Å². The molecule has 3 heterocycles. The van der Waals surface area contributed by atoms with E-state index in [2.05, 4.69) is 9.97 Å². The number of methoxy groups -OCH3 is 1. The Labute approximate surface area is 217 Å². The van der Waals surface area contributed by atoms with E-state index in [1.54, 1.807) is 38.6 Å². The van der Waals surface area contributed by atoms with Crippen LogP contribution in [0.1, 0.15) is 30.7 Å². The van der Waals surface area contributed by atoms with Gasteiger partial charge in [-0.3, -0.25) is 4.98 Å². The number of nitrogen functional groups attached to an aromatic ring is 1. The summed E-state index contributed by atoms with van der Waals surface area (Å²) in [5.41, 5.74) is 9.27. The number of carboxylic acid groups (broad SMARTS) is 1. The van der Waals surface area contributed by atoms with Crippen molar-refractivity contribution in [3.8, 4) is 22.6 Å². The van der Waals surface area contributed by atoms with Crippen molar-refractivity contribution in [3.05, 3.63) is 69.9 Å². The Balaban J connectivity index is 1.63. The number of ether oxygens (including phenoxy) is 2. The van der Waals surface area contributed by atoms with E-state index in [1.165, 1.54) is 17.0 Å². The molecular weight excluding hydrogens is 510 g/mol. The van der Waals surface area contributed by atoms with Gasteiger partial charge in [0.05, 0.1) is 17.8 Å². The summed E-state index contributed by atoms with van der Waals surface area (Å²) in [6.45, 7) is 2.38. The number of carbonyl (C=O) groups is 1. The summed E-state index contributed by atoms with van der Waals surface area (Å²) in [6.07, 6.45) is 3.95. The van der Waals surface area contributed by atoms with Gasteiger partial charge in [-0.2, -0.15) is 0 Å². The van der Waals surface area contributed by atoms with Crippen molar-refractivity contribution in [3.63, 3.8) is 0 Å². The van der Waals surface area contributed by atoms with Crippen LogP contribution in [0.4, 0.5) is 15.0 Å². The predicted octanol–water partition coefficient (Wildman–Crippen LogP) is 6.09. The number of hydrogen-bond donors (Lipinski definition) is 2. The van der Waals surface area contributed by atoms with Gasteiger partial charge in [0.2, 0.25) is 0 Å². The maximum atomic E-state index is 14.0. The van der Waals surface area contributed by atoms with Crippen molar-refractivity contribution < 1.29 is 23.8 Å². The SMILES string of the molecule is COc1cc(C2=CCN(C(=O)O)CC2)ncc1-c1cnc(N)c(OC(C)c2c(Cl)ccc(F)c2Cl)c1. The Morgan fingerprint density at radius 1 is 1.22 bits per heavy atom. The lowest BCUT2D eigenvalue weighted by Gasteiger charge is -2.23. The summed E-state index contributed by atoms with van der Waals surface area (Å²) in [7, 11) is 1.54. The molecule has 3 aromatic rings. The average molecular weight is 533 g/mol. The van der Waals surface area contributed by atoms with Gasteiger partial charge in [-0.05, 0) is 37.1 Å². The van der Waals surface area contributed by atoms with E-state index in [-0.39, 0.29) is 21.6 Å². The van der Waals surface area contributed by atoms with E-state index in [0.29, 0.717) is 47.6 Å². The molecule has 11 heteroatoms. The Bertz CT molecular complexity index is 1350. The van der Waals surface area contributed by atoms with E-state index in [4.69, 9.17) is 43.5 Å². The van der Waals surface area contributed by atoms with Crippen LogP contribution < -0.4 is 15.2 Å². The number of benzene rings is 1. The lowest BCUT2D eigenvalue weighted by atomic mass is 10.0. The molecular formula is C25H23Cl2FN4O4. The summed E-state index contributed by atoms with van der Waals surface area (Å²) in [5.74, 6) is 0.328. The van der Waals surface area contributed by atoms with Gasteiger partial charge < -0.3 is 25.2 Å². The monoisotopic (exact) mass is 532 g/mol. The average Bonchev–Trinajstić information content (AvgIpc) is 2.87. The molecule has 1 aliphatic rings. The van der Waals surface area contributed by atoms with Gasteiger partial charge in [-0.25, -0.2) is 14.2 Å². The number of anilines is 1. The first-order valence-electron chi connectivity index (χ1n) is 11.0. The molecule has 1 atom stereocenters. The molecule has 0 bridgehead atoms. The maximum Gasteiger partial charge on any atom is 0.407 e. The first-order valence-corrected chi connectivity index (χ1v) is 11.7. The van der Waals surface area contributed by atoms with Crippen LogP contribution in [-0.2, 0) is 0 Å². The first kappa shape index (κ1) is 25.5. The van der Waals surface area contributed by atoms with Crippen LogP contribution >= 0.6 is 23.2 Å². The minimum Gasteiger partial charge on any atom is -0.496 e. The molecule has 1 aliphatic heterocycles. The molecule has 1 unspecified atom stereocenters. The standard InChI is InChI=1S/C25H23Cl2FN4O4/c1-13(22-17(26)3-4-18(28)23(22)27)36-21-9-15(11-31-24(21)29)16-12-30-19(10-20(16)35-2)14-5-7-32(8-6-14)25(33)34/h3-5,9-13H,6-8H2,1-2H3,(H2,29,31)(H,33,34). The van der Waals surface area contributed by atoms with E-state index >= 15 is 0 Å². The van der Waals surface area contributed by atoms with E-state index < -0.39 is 18.0 Å². The molecule has 1 amide bonds. The van der Waals surface area contributed by atoms with Gasteiger partial charge in [0, 0.05) is 53.3 Å².